The second kappa shape index (κ2) is 30.3. The van der Waals surface area contributed by atoms with E-state index in [0.717, 1.165) is 89.9 Å². The fourth-order valence-electron chi connectivity index (χ4n) is 7.39. The van der Waals surface area contributed by atoms with Crippen LogP contribution in [0.25, 0.3) is 0 Å². The van der Waals surface area contributed by atoms with Crippen LogP contribution in [-0.4, -0.2) is 57.9 Å². The predicted octanol–water partition coefficient (Wildman–Crippen LogP) is 16.2. The van der Waals surface area contributed by atoms with E-state index in [1.54, 1.807) is 0 Å². The average molecular weight is 968 g/mol. The SMILES string of the molecule is CCC(C)(C)C(=O)OC(C)(C)C.CCC(C)C(=O)OC(C)(C)C.CCC(C)C(=O)OC1(CC)CCCC1.CCC1(OC(=O)C(C)(C)CC)CCCC1.CCC1(OC(=O)C(C)(C)CC)CCCCC1. The first-order valence-electron chi connectivity index (χ1n) is 27.3. The van der Waals surface area contributed by atoms with Crippen LogP contribution in [0.4, 0.5) is 0 Å². The molecule has 0 amide bonds. The van der Waals surface area contributed by atoms with Gasteiger partial charge in [0.1, 0.15) is 28.0 Å². The van der Waals surface area contributed by atoms with Gasteiger partial charge in [-0.15, -0.1) is 0 Å². The minimum atomic E-state index is -0.372. The smallest absolute Gasteiger partial charge is 0.312 e. The number of rotatable bonds is 16. The number of carbonyl (C=O) groups is 5. The van der Waals surface area contributed by atoms with Crippen LogP contribution >= 0.6 is 0 Å². The van der Waals surface area contributed by atoms with Crippen LogP contribution in [0.3, 0.4) is 0 Å². The lowest BCUT2D eigenvalue weighted by Gasteiger charge is -2.38. The molecule has 0 saturated heterocycles. The first-order chi connectivity index (χ1) is 31.1. The zero-order valence-corrected chi connectivity index (χ0v) is 48.6. The summed E-state index contributed by atoms with van der Waals surface area (Å²) in [6.45, 7) is 43.3. The lowest BCUT2D eigenvalue weighted by molar-refractivity contribution is -0.175. The van der Waals surface area contributed by atoms with E-state index in [0.29, 0.717) is 0 Å². The Balaban J connectivity index is 0. The number of hydrogen-bond acceptors (Lipinski definition) is 10. The zero-order valence-electron chi connectivity index (χ0n) is 48.6. The van der Waals surface area contributed by atoms with Gasteiger partial charge in [-0.1, -0.05) is 75.7 Å². The monoisotopic (exact) mass is 967 g/mol. The van der Waals surface area contributed by atoms with Gasteiger partial charge in [0.25, 0.3) is 0 Å². The third-order valence-corrected chi connectivity index (χ3v) is 14.8. The van der Waals surface area contributed by atoms with Gasteiger partial charge in [-0.2, -0.15) is 0 Å². The van der Waals surface area contributed by atoms with Gasteiger partial charge in [-0.05, 0) is 212 Å². The van der Waals surface area contributed by atoms with Crippen molar-refractivity contribution < 1.29 is 47.7 Å². The standard InChI is InChI=1S/C14H26O2.C13H24O2.C12H22O2.C10H20O2.C9H18O2/c1-5-13(3,4)12(15)16-14(6-2)10-8-7-9-11-14;1-5-12(3,4)11(14)15-13(6-2)9-7-8-10-13;1-4-10(3)11(13)14-12(5-2)8-6-7-9-12;1-7-10(5,6)8(11)12-9(2,3)4;1-6-7(2)8(10)11-9(3,4)5/h5-11H2,1-4H3;5-10H2,1-4H3;10H,4-9H2,1-3H3;7H2,1-6H3;7H,6H2,1-5H3. The van der Waals surface area contributed by atoms with Crippen LogP contribution in [-0.2, 0) is 47.7 Å². The van der Waals surface area contributed by atoms with Crippen molar-refractivity contribution >= 4 is 29.8 Å². The molecular weight excluding hydrogens is 857 g/mol. The van der Waals surface area contributed by atoms with Crippen molar-refractivity contribution in [1.82, 2.24) is 0 Å². The number of ether oxygens (including phenoxy) is 5. The molecule has 3 fully saturated rings. The van der Waals surface area contributed by atoms with E-state index in [1.165, 1.54) is 44.9 Å². The summed E-state index contributed by atoms with van der Waals surface area (Å²) >= 11 is 0. The molecule has 0 aromatic heterocycles. The van der Waals surface area contributed by atoms with Gasteiger partial charge in [-0.3, -0.25) is 24.0 Å². The van der Waals surface area contributed by atoms with Crippen molar-refractivity contribution in [3.8, 4) is 0 Å². The minimum absolute atomic E-state index is 0.00347. The van der Waals surface area contributed by atoms with Gasteiger partial charge < -0.3 is 23.7 Å². The molecule has 10 heteroatoms. The van der Waals surface area contributed by atoms with E-state index in [1.807, 2.05) is 132 Å². The summed E-state index contributed by atoms with van der Waals surface area (Å²) in [5.74, 6) is -0.172. The van der Waals surface area contributed by atoms with Crippen LogP contribution in [0.5, 0.6) is 0 Å². The summed E-state index contributed by atoms with van der Waals surface area (Å²) in [5, 5.41) is 0. The number of carbonyl (C=O) groups excluding carboxylic acids is 5. The molecule has 402 valence electrons. The molecule has 0 spiro atoms. The molecule has 0 radical (unpaired) electrons. The summed E-state index contributed by atoms with van der Waals surface area (Å²) in [5.41, 5.74) is -2.13. The molecule has 3 saturated carbocycles. The van der Waals surface area contributed by atoms with E-state index in [2.05, 4.69) is 20.8 Å². The van der Waals surface area contributed by atoms with E-state index in [4.69, 9.17) is 23.7 Å². The van der Waals surface area contributed by atoms with Crippen LogP contribution in [0.1, 0.15) is 287 Å². The van der Waals surface area contributed by atoms with Gasteiger partial charge in [0.2, 0.25) is 0 Å². The van der Waals surface area contributed by atoms with E-state index < -0.39 is 0 Å². The van der Waals surface area contributed by atoms with Gasteiger partial charge >= 0.3 is 29.8 Å². The molecule has 68 heavy (non-hydrogen) atoms. The molecule has 3 rings (SSSR count). The summed E-state index contributed by atoms with van der Waals surface area (Å²) in [4.78, 5) is 58.4. The molecule has 3 aliphatic rings. The quantitative estimate of drug-likeness (QED) is 0.109. The van der Waals surface area contributed by atoms with Gasteiger partial charge in [0, 0.05) is 0 Å². The van der Waals surface area contributed by atoms with Crippen LogP contribution in [0.15, 0.2) is 0 Å². The normalized spacial score (nSPS) is 18.4. The Morgan fingerprint density at radius 3 is 0.912 bits per heavy atom. The average Bonchev–Trinajstić information content (AvgIpc) is 3.96. The van der Waals surface area contributed by atoms with Crippen LogP contribution < -0.4 is 0 Å². The molecule has 0 bridgehead atoms. The molecule has 0 aromatic carbocycles. The Kier molecular flexibility index (Phi) is 30.0. The Labute approximate surface area is 419 Å². The zero-order chi connectivity index (χ0) is 53.4. The first kappa shape index (κ1) is 67.4. The minimum Gasteiger partial charge on any atom is -0.460 e. The Hall–Kier alpha value is -2.65. The summed E-state index contributed by atoms with van der Waals surface area (Å²) in [7, 11) is 0. The largest absolute Gasteiger partial charge is 0.460 e. The van der Waals surface area contributed by atoms with Crippen molar-refractivity contribution in [1.29, 1.82) is 0 Å². The van der Waals surface area contributed by atoms with Crippen molar-refractivity contribution in [2.45, 2.75) is 315 Å². The van der Waals surface area contributed by atoms with Crippen molar-refractivity contribution in [3.63, 3.8) is 0 Å². The molecule has 3 aliphatic carbocycles. The topological polar surface area (TPSA) is 132 Å². The van der Waals surface area contributed by atoms with Crippen LogP contribution in [0, 0.1) is 28.1 Å². The molecular formula is C58H110O10. The molecule has 10 nitrogen and oxygen atoms in total. The third-order valence-electron chi connectivity index (χ3n) is 14.8. The molecule has 0 aliphatic heterocycles. The van der Waals surface area contributed by atoms with Crippen molar-refractivity contribution in [2.75, 3.05) is 0 Å². The van der Waals surface area contributed by atoms with E-state index >= 15 is 0 Å². The second-order valence-electron chi connectivity index (χ2n) is 24.2. The maximum Gasteiger partial charge on any atom is 0.312 e. The highest BCUT2D eigenvalue weighted by Gasteiger charge is 2.41. The third kappa shape index (κ3) is 25.5. The number of hydrogen-bond donors (Lipinski definition) is 0. The lowest BCUT2D eigenvalue weighted by Crippen LogP contribution is -2.40. The van der Waals surface area contributed by atoms with E-state index in [-0.39, 0.29) is 85.9 Å². The fraction of sp³-hybridized carbons (Fsp3) is 0.914. The fourth-order valence-corrected chi connectivity index (χ4v) is 7.39. The Morgan fingerprint density at radius 2 is 0.647 bits per heavy atom. The Morgan fingerprint density at radius 1 is 0.382 bits per heavy atom. The molecule has 0 N–H and O–H groups in total. The molecule has 0 aromatic rings. The van der Waals surface area contributed by atoms with Crippen LogP contribution in [0.2, 0.25) is 0 Å². The van der Waals surface area contributed by atoms with Gasteiger partial charge in [-0.25, -0.2) is 0 Å². The maximum absolute atomic E-state index is 12.1. The highest BCUT2D eigenvalue weighted by molar-refractivity contribution is 5.77. The summed E-state index contributed by atoms with van der Waals surface area (Å²) < 4.78 is 27.7. The highest BCUT2D eigenvalue weighted by atomic mass is 16.6. The molecule has 2 unspecified atom stereocenters. The molecule has 0 heterocycles. The lowest BCUT2D eigenvalue weighted by atomic mass is 9.82. The van der Waals surface area contributed by atoms with Crippen molar-refractivity contribution in [2.24, 2.45) is 28.1 Å². The van der Waals surface area contributed by atoms with Crippen molar-refractivity contribution in [3.05, 3.63) is 0 Å². The summed E-state index contributed by atoms with van der Waals surface area (Å²) in [6.07, 6.45) is 21.9. The van der Waals surface area contributed by atoms with Gasteiger partial charge in [0.15, 0.2) is 0 Å². The van der Waals surface area contributed by atoms with E-state index in [9.17, 15) is 24.0 Å². The summed E-state index contributed by atoms with van der Waals surface area (Å²) in [6, 6.07) is 0. The highest BCUT2D eigenvalue weighted by Crippen LogP contribution is 2.40. The maximum atomic E-state index is 12.1. The Bertz CT molecular complexity index is 1460. The number of esters is 5. The first-order valence-corrected chi connectivity index (χ1v) is 27.3. The van der Waals surface area contributed by atoms with Gasteiger partial charge in [0.05, 0.1) is 28.1 Å². The molecule has 2 atom stereocenters. The second-order valence-corrected chi connectivity index (χ2v) is 24.2. The predicted molar refractivity (Wildman–Crippen MR) is 280 cm³/mol.